The number of nitrogens with one attached hydrogen (secondary N) is 2. The third kappa shape index (κ3) is 5.84. The quantitative estimate of drug-likeness (QED) is 0.385. The zero-order valence-corrected chi connectivity index (χ0v) is 20.6. The van der Waals surface area contributed by atoms with Crippen LogP contribution in [0.1, 0.15) is 54.4 Å². The van der Waals surface area contributed by atoms with Gasteiger partial charge >= 0.3 is 11.9 Å². The van der Waals surface area contributed by atoms with Crippen molar-refractivity contribution in [3.05, 3.63) is 53.7 Å². The molecule has 3 aromatic rings. The van der Waals surface area contributed by atoms with Crippen LogP contribution in [-0.4, -0.2) is 52.0 Å². The molecule has 1 aromatic carbocycles. The van der Waals surface area contributed by atoms with Crippen LogP contribution < -0.4 is 10.6 Å². The Morgan fingerprint density at radius 3 is 2.53 bits per heavy atom. The van der Waals surface area contributed by atoms with Crippen LogP contribution in [0.15, 0.2) is 42.6 Å². The Kier molecular flexibility index (Phi) is 7.87. The SMILES string of the molecule is COC(=O)CNc1c(-c2ccc(C)cc2)nc2cc(C(=O)NC(CC(=O)O)C3CCCCC3)ccn12. The van der Waals surface area contributed by atoms with Gasteiger partial charge in [-0.05, 0) is 37.8 Å². The van der Waals surface area contributed by atoms with Gasteiger partial charge < -0.3 is 20.5 Å². The van der Waals surface area contributed by atoms with Gasteiger partial charge in [0.15, 0.2) is 0 Å². The zero-order chi connectivity index (χ0) is 25.7. The van der Waals surface area contributed by atoms with Crippen molar-refractivity contribution in [1.82, 2.24) is 14.7 Å². The number of aryl methyl sites for hydroxylation is 1. The van der Waals surface area contributed by atoms with E-state index in [9.17, 15) is 19.5 Å². The van der Waals surface area contributed by atoms with Crippen LogP contribution >= 0.6 is 0 Å². The Morgan fingerprint density at radius 2 is 1.86 bits per heavy atom. The van der Waals surface area contributed by atoms with Gasteiger partial charge in [0.05, 0.1) is 13.5 Å². The molecule has 4 rings (SSSR count). The van der Waals surface area contributed by atoms with Crippen molar-refractivity contribution in [2.75, 3.05) is 19.0 Å². The van der Waals surface area contributed by atoms with E-state index in [1.807, 2.05) is 31.2 Å². The lowest BCUT2D eigenvalue weighted by Gasteiger charge is -2.30. The number of nitrogens with zero attached hydrogens (tertiary/aromatic N) is 2. The van der Waals surface area contributed by atoms with Crippen LogP contribution in [0.4, 0.5) is 5.82 Å². The van der Waals surface area contributed by atoms with E-state index in [4.69, 9.17) is 9.72 Å². The minimum absolute atomic E-state index is 0.0380. The molecular formula is C27H32N4O5. The molecule has 0 aliphatic heterocycles. The summed E-state index contributed by atoms with van der Waals surface area (Å²) in [6.45, 7) is 1.96. The van der Waals surface area contributed by atoms with Crippen molar-refractivity contribution in [3.63, 3.8) is 0 Å². The molecule has 1 amide bonds. The number of esters is 1. The van der Waals surface area contributed by atoms with E-state index in [0.29, 0.717) is 22.7 Å². The lowest BCUT2D eigenvalue weighted by molar-refractivity contribution is -0.139. The van der Waals surface area contributed by atoms with Crippen molar-refractivity contribution in [3.8, 4) is 11.3 Å². The first-order valence-electron chi connectivity index (χ1n) is 12.3. The summed E-state index contributed by atoms with van der Waals surface area (Å²) in [5.41, 5.74) is 3.54. The second-order valence-electron chi connectivity index (χ2n) is 9.32. The minimum Gasteiger partial charge on any atom is -0.481 e. The van der Waals surface area contributed by atoms with Crippen molar-refractivity contribution >= 4 is 29.3 Å². The van der Waals surface area contributed by atoms with E-state index in [-0.39, 0.29) is 24.8 Å². The smallest absolute Gasteiger partial charge is 0.325 e. The maximum Gasteiger partial charge on any atom is 0.325 e. The average Bonchev–Trinajstić information content (AvgIpc) is 3.25. The fourth-order valence-electron chi connectivity index (χ4n) is 4.81. The maximum absolute atomic E-state index is 13.2. The molecule has 0 bridgehead atoms. The third-order valence-corrected chi connectivity index (χ3v) is 6.77. The number of amides is 1. The molecule has 190 valence electrons. The summed E-state index contributed by atoms with van der Waals surface area (Å²) in [6.07, 6.45) is 6.73. The molecule has 1 atom stereocenters. The van der Waals surface area contributed by atoms with Gasteiger partial charge in [0.2, 0.25) is 0 Å². The molecule has 3 N–H and O–H groups in total. The number of carboxylic acids is 1. The molecule has 36 heavy (non-hydrogen) atoms. The van der Waals surface area contributed by atoms with Crippen LogP contribution in [0.2, 0.25) is 0 Å². The molecule has 2 aromatic heterocycles. The summed E-state index contributed by atoms with van der Waals surface area (Å²) in [6, 6.07) is 10.8. The Hall–Kier alpha value is -3.88. The van der Waals surface area contributed by atoms with Crippen molar-refractivity contribution < 1.29 is 24.2 Å². The van der Waals surface area contributed by atoms with Crippen LogP contribution in [0.25, 0.3) is 16.9 Å². The summed E-state index contributed by atoms with van der Waals surface area (Å²) in [5, 5.41) is 15.5. The molecule has 9 heteroatoms. The van der Waals surface area contributed by atoms with Crippen LogP contribution in [-0.2, 0) is 14.3 Å². The first-order valence-corrected chi connectivity index (χ1v) is 12.3. The molecule has 1 aliphatic rings. The number of ether oxygens (including phenoxy) is 1. The Morgan fingerprint density at radius 1 is 1.14 bits per heavy atom. The zero-order valence-electron chi connectivity index (χ0n) is 20.6. The molecule has 1 aliphatic carbocycles. The standard InChI is InChI=1S/C27H32N4O5/c1-17-8-10-19(11-9-17)25-26(28-16-24(34)36-2)31-13-12-20(14-22(31)30-25)27(35)29-21(15-23(32)33)18-6-4-3-5-7-18/h8-14,18,21,28H,3-7,15-16H2,1-2H3,(H,29,35)(H,32,33). The second kappa shape index (κ2) is 11.2. The molecule has 0 spiro atoms. The van der Waals surface area contributed by atoms with Crippen LogP contribution in [0.5, 0.6) is 0 Å². The molecule has 1 fully saturated rings. The Labute approximate surface area is 209 Å². The van der Waals surface area contributed by atoms with Crippen molar-refractivity contribution in [2.24, 2.45) is 5.92 Å². The minimum atomic E-state index is -0.918. The molecular weight excluding hydrogens is 460 g/mol. The highest BCUT2D eigenvalue weighted by Crippen LogP contribution is 2.30. The van der Waals surface area contributed by atoms with E-state index >= 15 is 0 Å². The Bertz CT molecular complexity index is 1250. The average molecular weight is 493 g/mol. The monoisotopic (exact) mass is 492 g/mol. The van der Waals surface area contributed by atoms with Gasteiger partial charge in [-0.25, -0.2) is 4.98 Å². The van der Waals surface area contributed by atoms with Gasteiger partial charge in [-0.15, -0.1) is 0 Å². The number of hydrogen-bond donors (Lipinski definition) is 3. The van der Waals surface area contributed by atoms with Crippen molar-refractivity contribution in [2.45, 2.75) is 51.5 Å². The highest BCUT2D eigenvalue weighted by molar-refractivity contribution is 5.96. The van der Waals surface area contributed by atoms with E-state index in [1.54, 1.807) is 22.7 Å². The highest BCUT2D eigenvalue weighted by atomic mass is 16.5. The topological polar surface area (TPSA) is 122 Å². The number of rotatable bonds is 9. The number of fused-ring (bicyclic) bond motifs is 1. The van der Waals surface area contributed by atoms with Crippen molar-refractivity contribution in [1.29, 1.82) is 0 Å². The van der Waals surface area contributed by atoms with Crippen LogP contribution in [0, 0.1) is 12.8 Å². The third-order valence-electron chi connectivity index (χ3n) is 6.77. The summed E-state index contributed by atoms with van der Waals surface area (Å²) in [7, 11) is 1.33. The number of benzene rings is 1. The number of methoxy groups -OCH3 is 1. The number of pyridine rings is 1. The number of hydrogen-bond acceptors (Lipinski definition) is 6. The first-order chi connectivity index (χ1) is 17.4. The van der Waals surface area contributed by atoms with Gasteiger partial charge in [-0.1, -0.05) is 49.1 Å². The number of aliphatic carboxylic acids is 1. The predicted octanol–water partition coefficient (Wildman–Crippen LogP) is 4.05. The molecule has 1 saturated carbocycles. The predicted molar refractivity (Wildman–Crippen MR) is 136 cm³/mol. The summed E-state index contributed by atoms with van der Waals surface area (Å²) < 4.78 is 6.54. The number of carbonyl (C=O) groups excluding carboxylic acids is 2. The molecule has 0 saturated heterocycles. The lowest BCUT2D eigenvalue weighted by Crippen LogP contribution is -2.42. The lowest BCUT2D eigenvalue weighted by atomic mass is 9.82. The normalized spacial score (nSPS) is 14.8. The van der Waals surface area contributed by atoms with E-state index in [2.05, 4.69) is 10.6 Å². The molecule has 0 radical (unpaired) electrons. The largest absolute Gasteiger partial charge is 0.481 e. The summed E-state index contributed by atoms with van der Waals surface area (Å²) in [5.74, 6) is -0.881. The second-order valence-corrected chi connectivity index (χ2v) is 9.32. The maximum atomic E-state index is 13.2. The fraction of sp³-hybridized carbons (Fsp3) is 0.407. The number of anilines is 1. The van der Waals surface area contributed by atoms with E-state index in [0.717, 1.165) is 43.2 Å². The first kappa shape index (κ1) is 25.2. The van der Waals surface area contributed by atoms with Gasteiger partial charge in [-0.3, -0.25) is 18.8 Å². The number of carboxylic acid groups (broad SMARTS) is 1. The summed E-state index contributed by atoms with van der Waals surface area (Å²) >= 11 is 0. The van der Waals surface area contributed by atoms with E-state index < -0.39 is 18.0 Å². The highest BCUT2D eigenvalue weighted by Gasteiger charge is 2.28. The fourth-order valence-corrected chi connectivity index (χ4v) is 4.81. The van der Waals surface area contributed by atoms with E-state index in [1.165, 1.54) is 7.11 Å². The van der Waals surface area contributed by atoms with Gasteiger partial charge in [0.25, 0.3) is 5.91 Å². The summed E-state index contributed by atoms with van der Waals surface area (Å²) in [4.78, 5) is 41.2. The van der Waals surface area contributed by atoms with Gasteiger partial charge in [0.1, 0.15) is 23.7 Å². The molecule has 9 nitrogen and oxygen atoms in total. The Balaban J connectivity index is 1.64. The number of carbonyl (C=O) groups is 3. The van der Waals surface area contributed by atoms with Gasteiger partial charge in [0, 0.05) is 23.4 Å². The van der Waals surface area contributed by atoms with Gasteiger partial charge in [-0.2, -0.15) is 0 Å². The number of imidazole rings is 1. The molecule has 2 heterocycles. The van der Waals surface area contributed by atoms with Crippen LogP contribution in [0.3, 0.4) is 0 Å². The molecule has 1 unspecified atom stereocenters. The number of aromatic nitrogens is 2.